The second-order valence-corrected chi connectivity index (χ2v) is 13.9. The van der Waals surface area contributed by atoms with Crippen molar-refractivity contribution in [3.05, 3.63) is 34.9 Å². The number of halogens is 3. The van der Waals surface area contributed by atoms with Crippen molar-refractivity contribution in [1.82, 2.24) is 30.0 Å². The van der Waals surface area contributed by atoms with Crippen LogP contribution in [0, 0.1) is 11.7 Å². The van der Waals surface area contributed by atoms with E-state index in [9.17, 15) is 9.50 Å². The van der Waals surface area contributed by atoms with Crippen molar-refractivity contribution in [3.63, 3.8) is 0 Å². The Hall–Kier alpha value is -3.15. The lowest BCUT2D eigenvalue weighted by Crippen LogP contribution is -2.43. The molecule has 5 aliphatic heterocycles. The first kappa shape index (κ1) is 29.3. The number of piperidine rings is 1. The second kappa shape index (κ2) is 11.6. The number of aromatic nitrogens is 5. The standard InChI is InChI=1S/C33H38ClF2N7O2/c34-25-12-26-23(15-38-41-26)27-22(25)7-2-1-6-21(44)11-19-5-3-9-42(16-19)31-24-14-37-30(27)28(36)29(24)39-32(40-31)45-18-33-8-4-10-43(33)17-20(35)13-33/h12,14-15,19-21,44H,1-11,13,16-18H2,(H,38,41)/t19-,20+,21-,33-/m0/s1. The number of nitrogens with zero attached hydrogens (tertiary/aromatic N) is 6. The van der Waals surface area contributed by atoms with Crippen LogP contribution in [0.25, 0.3) is 33.1 Å². The molecule has 3 saturated heterocycles. The normalized spacial score (nSPS) is 27.5. The van der Waals surface area contributed by atoms with Crippen LogP contribution in [-0.4, -0.2) is 85.8 Å². The maximum absolute atomic E-state index is 17.0. The van der Waals surface area contributed by atoms with Crippen LogP contribution in [0.2, 0.25) is 5.02 Å². The first-order chi connectivity index (χ1) is 21.9. The predicted octanol–water partition coefficient (Wildman–Crippen LogP) is 6.01. The number of rotatable bonds is 3. The average Bonchev–Trinajstić information content (AvgIpc) is 3.72. The van der Waals surface area contributed by atoms with Gasteiger partial charge in [0.05, 0.1) is 28.7 Å². The molecule has 8 heterocycles. The van der Waals surface area contributed by atoms with Gasteiger partial charge >= 0.3 is 6.01 Å². The van der Waals surface area contributed by atoms with E-state index in [2.05, 4.69) is 25.0 Å². The number of fused-ring (bicyclic) bond motifs is 8. The minimum Gasteiger partial charge on any atom is -0.461 e. The molecule has 0 spiro atoms. The Labute approximate surface area is 265 Å². The van der Waals surface area contributed by atoms with Gasteiger partial charge in [0.2, 0.25) is 0 Å². The fourth-order valence-corrected chi connectivity index (χ4v) is 8.70. The van der Waals surface area contributed by atoms with Crippen LogP contribution in [0.4, 0.5) is 14.6 Å². The van der Waals surface area contributed by atoms with Crippen LogP contribution in [0.3, 0.4) is 0 Å². The molecular weight excluding hydrogens is 600 g/mol. The fraction of sp³-hybridized carbons (Fsp3) is 0.576. The molecule has 0 unspecified atom stereocenters. The highest BCUT2D eigenvalue weighted by atomic mass is 35.5. The molecule has 4 atom stereocenters. The van der Waals surface area contributed by atoms with Crippen molar-refractivity contribution in [1.29, 1.82) is 0 Å². The minimum atomic E-state index is -0.882. The third-order valence-electron chi connectivity index (χ3n) is 10.5. The monoisotopic (exact) mass is 637 g/mol. The van der Waals surface area contributed by atoms with Gasteiger partial charge in [0.1, 0.15) is 29.8 Å². The summed E-state index contributed by atoms with van der Waals surface area (Å²) in [6.07, 6.45) is 9.92. The zero-order chi connectivity index (χ0) is 30.7. The van der Waals surface area contributed by atoms with Crippen molar-refractivity contribution >= 4 is 39.2 Å². The number of hydrogen-bond acceptors (Lipinski definition) is 8. The second-order valence-electron chi connectivity index (χ2n) is 13.5. The van der Waals surface area contributed by atoms with E-state index in [1.807, 2.05) is 6.07 Å². The highest BCUT2D eigenvalue weighted by molar-refractivity contribution is 6.33. The Balaban J connectivity index is 1.29. The van der Waals surface area contributed by atoms with Crippen molar-refractivity contribution in [2.75, 3.05) is 37.7 Å². The number of aliphatic hydroxyl groups excluding tert-OH is 1. The van der Waals surface area contributed by atoms with Gasteiger partial charge < -0.3 is 14.7 Å². The number of anilines is 1. The highest BCUT2D eigenvalue weighted by Gasteiger charge is 2.49. The van der Waals surface area contributed by atoms with Gasteiger partial charge in [-0.3, -0.25) is 15.0 Å². The molecule has 5 aliphatic rings. The Morgan fingerprint density at radius 3 is 2.91 bits per heavy atom. The van der Waals surface area contributed by atoms with E-state index in [1.165, 1.54) is 0 Å². The van der Waals surface area contributed by atoms with Gasteiger partial charge in [-0.1, -0.05) is 18.0 Å². The summed E-state index contributed by atoms with van der Waals surface area (Å²) in [6.45, 7) is 2.96. The average molecular weight is 638 g/mol. The summed E-state index contributed by atoms with van der Waals surface area (Å²) in [5, 5.41) is 19.9. The number of ether oxygens (including phenoxy) is 1. The molecule has 6 bridgehead atoms. The number of hydrogen-bond donors (Lipinski definition) is 2. The molecule has 12 heteroatoms. The summed E-state index contributed by atoms with van der Waals surface area (Å²) in [7, 11) is 0. The SMILES string of the molecule is O[C@H]1CCCCc2c(Cl)cc3[nH]ncc3c2-c2ncc3c(nc(OC[C@@]45CCCN4C[C@H](F)C5)nc3c2F)N2CCC[C@@H](C1)C2. The van der Waals surface area contributed by atoms with Crippen molar-refractivity contribution in [3.8, 4) is 17.3 Å². The van der Waals surface area contributed by atoms with Gasteiger partial charge in [-0.2, -0.15) is 15.1 Å². The largest absolute Gasteiger partial charge is 0.461 e. The van der Waals surface area contributed by atoms with Crippen LogP contribution in [0.15, 0.2) is 18.5 Å². The third kappa shape index (κ3) is 5.20. The predicted molar refractivity (Wildman–Crippen MR) is 169 cm³/mol. The van der Waals surface area contributed by atoms with Crippen molar-refractivity contribution < 1.29 is 18.6 Å². The molecule has 9 nitrogen and oxygen atoms in total. The Morgan fingerprint density at radius 1 is 1.09 bits per heavy atom. The first-order valence-electron chi connectivity index (χ1n) is 16.3. The smallest absolute Gasteiger partial charge is 0.319 e. The molecule has 0 saturated carbocycles. The Kier molecular flexibility index (Phi) is 7.53. The molecule has 9 rings (SSSR count). The number of alkyl halides is 1. The number of nitrogens with one attached hydrogen (secondary N) is 1. The van der Waals surface area contributed by atoms with Gasteiger partial charge in [-0.15, -0.1) is 0 Å². The van der Waals surface area contributed by atoms with E-state index in [4.69, 9.17) is 26.3 Å². The van der Waals surface area contributed by atoms with Crippen LogP contribution in [0.1, 0.15) is 63.4 Å². The lowest BCUT2D eigenvalue weighted by molar-refractivity contribution is 0.107. The summed E-state index contributed by atoms with van der Waals surface area (Å²) in [5.41, 5.74) is 1.99. The summed E-state index contributed by atoms with van der Waals surface area (Å²) in [5.74, 6) is 0.298. The van der Waals surface area contributed by atoms with E-state index >= 15 is 4.39 Å². The topological polar surface area (TPSA) is 103 Å². The number of H-pyrrole nitrogens is 1. The maximum Gasteiger partial charge on any atom is 0.319 e. The number of pyridine rings is 1. The van der Waals surface area contributed by atoms with Gasteiger partial charge in [0, 0.05) is 48.2 Å². The summed E-state index contributed by atoms with van der Waals surface area (Å²) in [6, 6.07) is 1.91. The molecular formula is C33H38ClF2N7O2. The molecule has 2 N–H and O–H groups in total. The van der Waals surface area contributed by atoms with Crippen molar-refractivity contribution in [2.45, 2.75) is 82.0 Å². The highest BCUT2D eigenvalue weighted by Crippen LogP contribution is 2.42. The van der Waals surface area contributed by atoms with Gasteiger partial charge in [-0.25, -0.2) is 8.78 Å². The van der Waals surface area contributed by atoms with Crippen molar-refractivity contribution in [2.24, 2.45) is 5.92 Å². The van der Waals surface area contributed by atoms with Gasteiger partial charge in [-0.05, 0) is 75.5 Å². The molecule has 45 heavy (non-hydrogen) atoms. The van der Waals surface area contributed by atoms with Gasteiger partial charge in [0.15, 0.2) is 5.82 Å². The molecule has 0 radical (unpaired) electrons. The Bertz CT molecular complexity index is 1750. The molecule has 1 aromatic carbocycles. The van der Waals surface area contributed by atoms with E-state index < -0.39 is 18.1 Å². The molecule has 3 aromatic heterocycles. The number of aliphatic hydroxyl groups is 1. The van der Waals surface area contributed by atoms with Crippen LogP contribution in [0.5, 0.6) is 6.01 Å². The summed E-state index contributed by atoms with van der Waals surface area (Å²) in [4.78, 5) is 18.6. The molecule has 238 valence electrons. The van der Waals surface area contributed by atoms with Crippen LogP contribution >= 0.6 is 11.6 Å². The molecule has 0 aliphatic carbocycles. The minimum absolute atomic E-state index is 0.0835. The summed E-state index contributed by atoms with van der Waals surface area (Å²) >= 11 is 6.83. The lowest BCUT2D eigenvalue weighted by atomic mass is 9.89. The van der Waals surface area contributed by atoms with Gasteiger partial charge in [0.25, 0.3) is 0 Å². The van der Waals surface area contributed by atoms with E-state index in [1.54, 1.807) is 12.4 Å². The molecule has 0 amide bonds. The zero-order valence-electron chi connectivity index (χ0n) is 25.2. The lowest BCUT2D eigenvalue weighted by Gasteiger charge is -2.35. The first-order valence-corrected chi connectivity index (χ1v) is 16.7. The zero-order valence-corrected chi connectivity index (χ0v) is 26.0. The summed E-state index contributed by atoms with van der Waals surface area (Å²) < 4.78 is 37.8. The molecule has 4 aromatic rings. The van der Waals surface area contributed by atoms with E-state index in [0.717, 1.165) is 62.6 Å². The van der Waals surface area contributed by atoms with E-state index in [0.29, 0.717) is 66.1 Å². The third-order valence-corrected chi connectivity index (χ3v) is 10.9. The van der Waals surface area contributed by atoms with Crippen LogP contribution in [-0.2, 0) is 6.42 Å². The Morgan fingerprint density at radius 2 is 2.00 bits per heavy atom. The van der Waals surface area contributed by atoms with E-state index in [-0.39, 0.29) is 35.3 Å². The maximum atomic E-state index is 17.0. The number of benzene rings is 1. The fourth-order valence-electron chi connectivity index (χ4n) is 8.40. The van der Waals surface area contributed by atoms with Crippen LogP contribution < -0.4 is 9.64 Å². The molecule has 3 fully saturated rings. The number of aromatic amines is 1. The quantitative estimate of drug-likeness (QED) is 0.282.